The first-order chi connectivity index (χ1) is 26.4. The summed E-state index contributed by atoms with van der Waals surface area (Å²) in [5.41, 5.74) is 4.21. The lowest BCUT2D eigenvalue weighted by Crippen LogP contribution is -2.46. The summed E-state index contributed by atoms with van der Waals surface area (Å²) in [5, 5.41) is 34.5. The fourth-order valence-electron chi connectivity index (χ4n) is 4.72. The largest absolute Gasteiger partial charge is 0.481 e. The van der Waals surface area contributed by atoms with Gasteiger partial charge in [0, 0.05) is 37.1 Å². The zero-order chi connectivity index (χ0) is 42.8. The van der Waals surface area contributed by atoms with Crippen molar-refractivity contribution in [2.75, 3.05) is 37.8 Å². The van der Waals surface area contributed by atoms with Crippen molar-refractivity contribution in [1.82, 2.24) is 30.2 Å². The number of carboxylic acid groups (broad SMARTS) is 1. The zero-order valence-corrected chi connectivity index (χ0v) is 33.5. The van der Waals surface area contributed by atoms with Gasteiger partial charge in [-0.1, -0.05) is 31.7 Å². The number of allylic oxidation sites excluding steroid dienone is 1. The van der Waals surface area contributed by atoms with Gasteiger partial charge in [-0.05, 0) is 12.5 Å². The molecule has 0 aromatic carbocycles. The highest BCUT2D eigenvalue weighted by atomic mass is 32.2. The van der Waals surface area contributed by atoms with E-state index in [0.717, 1.165) is 29.0 Å². The molecule has 3 rings (SSSR count). The summed E-state index contributed by atoms with van der Waals surface area (Å²) in [5.74, 6) is -2.34. The first-order valence-corrected chi connectivity index (χ1v) is 21.9. The van der Waals surface area contributed by atoms with Crippen LogP contribution in [0.2, 0.25) is 0 Å². The van der Waals surface area contributed by atoms with Crippen LogP contribution in [-0.4, -0.2) is 134 Å². The number of carbonyl (C=O) groups excluding carboxylic acids is 3. The number of anilines is 1. The molecule has 1 fully saturated rings. The fraction of sp³-hybridized carbons (Fsp3) is 0.593. The van der Waals surface area contributed by atoms with Gasteiger partial charge in [-0.3, -0.25) is 37.3 Å². The maximum atomic E-state index is 12.7. The van der Waals surface area contributed by atoms with Crippen LogP contribution in [0.15, 0.2) is 24.8 Å². The number of ether oxygens (including phenoxy) is 1. The van der Waals surface area contributed by atoms with Crippen LogP contribution in [0.3, 0.4) is 0 Å². The van der Waals surface area contributed by atoms with Crippen molar-refractivity contribution in [2.24, 2.45) is 5.41 Å². The number of nitrogens with two attached hydrogens (primary N) is 1. The minimum Gasteiger partial charge on any atom is -0.481 e. The highest BCUT2D eigenvalue weighted by Gasteiger charge is 2.50. The van der Waals surface area contributed by atoms with E-state index in [1.807, 2.05) is 0 Å². The number of amides is 2. The van der Waals surface area contributed by atoms with Crippen molar-refractivity contribution in [3.05, 3.63) is 24.8 Å². The maximum absolute atomic E-state index is 12.7. The van der Waals surface area contributed by atoms with Gasteiger partial charge in [-0.25, -0.2) is 28.6 Å². The van der Waals surface area contributed by atoms with E-state index in [1.165, 1.54) is 26.0 Å². The highest BCUT2D eigenvalue weighted by Crippen LogP contribution is 2.61. The topological polar surface area (TPSA) is 401 Å². The number of hydrogen-bond donors (Lipinski definition) is 10. The van der Waals surface area contributed by atoms with E-state index in [-0.39, 0.29) is 60.2 Å². The molecule has 2 unspecified atom stereocenters. The number of fused-ring (bicyclic) bond motifs is 1. The molecule has 30 heteroatoms. The molecule has 3 heterocycles. The number of nitrogens with zero attached hydrogens (tertiary/aromatic N) is 4. The lowest BCUT2D eigenvalue weighted by molar-refractivity contribution is -0.137. The minimum atomic E-state index is -5.59. The monoisotopic (exact) mass is 893 g/mol. The van der Waals surface area contributed by atoms with Gasteiger partial charge in [0.1, 0.15) is 36.3 Å². The van der Waals surface area contributed by atoms with E-state index in [4.69, 9.17) is 24.6 Å². The van der Waals surface area contributed by atoms with Crippen LogP contribution in [-0.2, 0) is 55.5 Å². The van der Waals surface area contributed by atoms with Crippen molar-refractivity contribution in [2.45, 2.75) is 63.8 Å². The Bertz CT molecular complexity index is 1930. The molecule has 0 saturated carbocycles. The number of hydrogen-bond acceptors (Lipinski definition) is 19. The molecule has 1 saturated heterocycles. The van der Waals surface area contributed by atoms with Crippen LogP contribution in [0, 0.1) is 5.41 Å². The molecular formula is C27H42N7O19P3S. The average Bonchev–Trinajstić information content (AvgIpc) is 3.66. The van der Waals surface area contributed by atoms with Crippen LogP contribution in [0.25, 0.3) is 11.2 Å². The Morgan fingerprint density at radius 3 is 2.40 bits per heavy atom. The van der Waals surface area contributed by atoms with Crippen molar-refractivity contribution in [3.8, 4) is 0 Å². The Morgan fingerprint density at radius 2 is 1.74 bits per heavy atom. The predicted molar refractivity (Wildman–Crippen MR) is 193 cm³/mol. The summed E-state index contributed by atoms with van der Waals surface area (Å²) in [4.78, 5) is 97.6. The quantitative estimate of drug-likeness (QED) is 0.0366. The number of phosphoric acid groups is 3. The third-order valence-electron chi connectivity index (χ3n) is 7.52. The Hall–Kier alpha value is -3.23. The minimum absolute atomic E-state index is 0.0202. The summed E-state index contributed by atoms with van der Waals surface area (Å²) in [6.45, 7) is 0.257. The van der Waals surface area contributed by atoms with Crippen molar-refractivity contribution in [1.29, 1.82) is 0 Å². The third kappa shape index (κ3) is 15.5. The Kier molecular flexibility index (Phi) is 17.4. The first-order valence-electron chi connectivity index (χ1n) is 16.4. The number of imidazole rings is 1. The number of thioether (sulfide) groups is 1. The molecule has 2 aromatic rings. The number of aliphatic hydroxyl groups excluding tert-OH is 2. The zero-order valence-electron chi connectivity index (χ0n) is 30.0. The summed E-state index contributed by atoms with van der Waals surface area (Å²) >= 11 is 0.895. The second-order valence-corrected chi connectivity index (χ2v) is 17.9. The molecule has 2 amide bonds. The van der Waals surface area contributed by atoms with Gasteiger partial charge in [0.05, 0.1) is 19.5 Å². The lowest BCUT2D eigenvalue weighted by Gasteiger charge is -2.30. The van der Waals surface area contributed by atoms with Crippen LogP contribution in [0.1, 0.15) is 39.3 Å². The van der Waals surface area contributed by atoms with Gasteiger partial charge < -0.3 is 56.0 Å². The molecule has 0 radical (unpaired) electrons. The lowest BCUT2D eigenvalue weighted by atomic mass is 9.87. The molecule has 0 bridgehead atoms. The molecule has 1 aliphatic heterocycles. The smallest absolute Gasteiger partial charge is 0.481 e. The van der Waals surface area contributed by atoms with E-state index in [1.54, 1.807) is 0 Å². The summed E-state index contributed by atoms with van der Waals surface area (Å²) in [6.07, 6.45) is -4.33. The van der Waals surface area contributed by atoms with Crippen molar-refractivity contribution in [3.63, 3.8) is 0 Å². The van der Waals surface area contributed by atoms with Gasteiger partial charge in [0.2, 0.25) is 16.9 Å². The van der Waals surface area contributed by atoms with Crippen molar-refractivity contribution >= 4 is 75.1 Å². The number of carbonyl (C=O) groups is 4. The molecule has 2 aromatic heterocycles. The van der Waals surface area contributed by atoms with Crippen LogP contribution >= 0.6 is 35.2 Å². The average molecular weight is 894 g/mol. The molecule has 1 aliphatic rings. The first kappa shape index (κ1) is 48.1. The molecule has 11 N–H and O–H groups in total. The van der Waals surface area contributed by atoms with Crippen LogP contribution in [0.5, 0.6) is 0 Å². The molecule has 0 aliphatic carbocycles. The van der Waals surface area contributed by atoms with Crippen LogP contribution in [0.4, 0.5) is 5.82 Å². The number of carboxylic acids is 1. The number of nitrogen functional groups attached to an aromatic ring is 1. The standard InChI is InChI=1S/C27H42N7O19P3S/c1-27(2,22(40)25(41)30-8-7-16(35)29-9-10-57-18(38)6-4-3-5-17(36)37)12-50-56(47,48)53-55(45,46)49-11-15-21(52-54(42,43)44)20(39)26(51-15)34-14-33-19-23(28)31-13-32-24(19)34/h4,6,13-15,20-22,26,39-40H,3,5,7-12H2,1-2H3,(H,29,35)(H,30,41)(H,36,37)(H,45,46)(H,47,48)(H2,28,31,32)(H2,42,43,44)/b6-4+/t15-,20-,21-,22+,26-/m1/s1. The molecule has 26 nitrogen and oxygen atoms in total. The molecule has 320 valence electrons. The van der Waals surface area contributed by atoms with Crippen LogP contribution < -0.4 is 16.4 Å². The SMILES string of the molecule is CC(C)(COP(=O)(O)OP(=O)(O)OC[C@H]1O[C@@H](n2cnc3c(N)ncnc32)[C@H](O)[C@@H]1OP(=O)(O)O)[C@@H](O)C(=O)NCCC(=O)NCCSC(=O)/C=C/CCC(=O)O. The normalized spacial score (nSPS) is 21.5. The molecular weight excluding hydrogens is 851 g/mol. The Labute approximate surface area is 327 Å². The number of aliphatic carboxylic acids is 1. The van der Waals surface area contributed by atoms with E-state index < -0.39 is 90.5 Å². The summed E-state index contributed by atoms with van der Waals surface area (Å²) in [7, 11) is -16.4. The van der Waals surface area contributed by atoms with E-state index >= 15 is 0 Å². The predicted octanol–water partition coefficient (Wildman–Crippen LogP) is -0.914. The van der Waals surface area contributed by atoms with Gasteiger partial charge in [0.15, 0.2) is 17.7 Å². The number of rotatable bonds is 23. The van der Waals surface area contributed by atoms with E-state index in [2.05, 4.69) is 34.4 Å². The van der Waals surface area contributed by atoms with Crippen molar-refractivity contribution < 1.29 is 90.4 Å². The van der Waals surface area contributed by atoms with E-state index in [9.17, 15) is 62.7 Å². The third-order valence-corrected chi connectivity index (χ3v) is 11.5. The fourth-order valence-corrected chi connectivity index (χ4v) is 8.14. The second-order valence-electron chi connectivity index (χ2n) is 12.6. The number of aromatic nitrogens is 4. The number of phosphoric ester groups is 3. The summed E-state index contributed by atoms with van der Waals surface area (Å²) < 4.78 is 62.0. The Morgan fingerprint density at radius 1 is 1.05 bits per heavy atom. The number of aliphatic hydroxyl groups is 2. The number of nitrogens with one attached hydrogen (secondary N) is 2. The maximum Gasteiger partial charge on any atom is 0.481 e. The van der Waals surface area contributed by atoms with Gasteiger partial charge in [0.25, 0.3) is 0 Å². The molecule has 57 heavy (non-hydrogen) atoms. The highest BCUT2D eigenvalue weighted by molar-refractivity contribution is 8.14. The Balaban J connectivity index is 1.47. The van der Waals surface area contributed by atoms with Gasteiger partial charge >= 0.3 is 29.4 Å². The van der Waals surface area contributed by atoms with Gasteiger partial charge in [-0.2, -0.15) is 4.31 Å². The van der Waals surface area contributed by atoms with E-state index in [0.29, 0.717) is 0 Å². The molecule has 0 spiro atoms. The summed E-state index contributed by atoms with van der Waals surface area (Å²) in [6, 6.07) is 0. The van der Waals surface area contributed by atoms with Gasteiger partial charge in [-0.15, -0.1) is 0 Å². The second kappa shape index (κ2) is 20.6. The molecule has 7 atom stereocenters.